The molecule has 1 N–H and O–H groups in total. The number of halogens is 1. The fourth-order valence-corrected chi connectivity index (χ4v) is 4.77. The Bertz CT molecular complexity index is 1000. The van der Waals surface area contributed by atoms with Gasteiger partial charge in [0, 0.05) is 6.04 Å². The summed E-state index contributed by atoms with van der Waals surface area (Å²) >= 11 is 0. The van der Waals surface area contributed by atoms with E-state index in [-0.39, 0.29) is 5.69 Å². The van der Waals surface area contributed by atoms with Crippen molar-refractivity contribution in [1.82, 2.24) is 0 Å². The minimum absolute atomic E-state index is 0.0459. The maximum absolute atomic E-state index is 14.5. The molecule has 2 aromatic carbocycles. The number of hydrogen-bond acceptors (Lipinski definition) is 4. The van der Waals surface area contributed by atoms with E-state index >= 15 is 0 Å². The van der Waals surface area contributed by atoms with Crippen LogP contribution >= 0.6 is 0 Å². The summed E-state index contributed by atoms with van der Waals surface area (Å²) in [6, 6.07) is 9.53. The number of nitrogens with zero attached hydrogens (tertiary/aromatic N) is 1. The van der Waals surface area contributed by atoms with E-state index in [1.807, 2.05) is 6.92 Å². The lowest BCUT2D eigenvalue weighted by Crippen LogP contribution is -2.37. The molecule has 0 amide bonds. The van der Waals surface area contributed by atoms with Crippen LogP contribution in [-0.2, 0) is 20.0 Å². The maximum Gasteiger partial charge on any atom is 0.267 e. The summed E-state index contributed by atoms with van der Waals surface area (Å²) < 4.78 is 66.3. The van der Waals surface area contributed by atoms with Crippen molar-refractivity contribution in [2.45, 2.75) is 31.7 Å². The minimum Gasteiger partial charge on any atom is -0.284 e. The van der Waals surface area contributed by atoms with Gasteiger partial charge in [0.1, 0.15) is 10.7 Å². The average Bonchev–Trinajstić information content (AvgIpc) is 2.47. The smallest absolute Gasteiger partial charge is 0.267 e. The Balaban J connectivity index is 2.51. The predicted octanol–water partition coefficient (Wildman–Crippen LogP) is 3.11. The van der Waals surface area contributed by atoms with Gasteiger partial charge < -0.3 is 0 Å². The third-order valence-corrected chi connectivity index (χ3v) is 6.17. The van der Waals surface area contributed by atoms with E-state index < -0.39 is 36.8 Å². The summed E-state index contributed by atoms with van der Waals surface area (Å²) in [5.41, 5.74) is 1.34. The van der Waals surface area contributed by atoms with E-state index in [1.165, 1.54) is 6.07 Å². The van der Waals surface area contributed by atoms with Crippen LogP contribution in [-0.4, -0.2) is 29.1 Å². The molecule has 0 saturated carbocycles. The number of sulfonamides is 2. The highest BCUT2D eigenvalue weighted by Gasteiger charge is 2.30. The molecule has 0 heterocycles. The van der Waals surface area contributed by atoms with Crippen LogP contribution in [0.4, 0.5) is 15.8 Å². The molecule has 0 spiro atoms. The van der Waals surface area contributed by atoms with Crippen LogP contribution in [0.1, 0.15) is 19.4 Å². The lowest BCUT2D eigenvalue weighted by Gasteiger charge is -2.28. The van der Waals surface area contributed by atoms with E-state index in [0.717, 1.165) is 28.3 Å². The summed E-state index contributed by atoms with van der Waals surface area (Å²) in [5, 5.41) is 0. The molecule has 0 fully saturated rings. The molecule has 2 rings (SSSR count). The maximum atomic E-state index is 14.5. The van der Waals surface area contributed by atoms with Gasteiger partial charge in [-0.3, -0.25) is 9.03 Å². The van der Waals surface area contributed by atoms with E-state index in [2.05, 4.69) is 4.72 Å². The van der Waals surface area contributed by atoms with Crippen LogP contribution in [0, 0.1) is 12.7 Å². The molecule has 0 atom stereocenters. The van der Waals surface area contributed by atoms with Crippen molar-refractivity contribution in [3.8, 4) is 0 Å². The van der Waals surface area contributed by atoms with Crippen LogP contribution in [0.2, 0.25) is 0 Å². The molecule has 2 aromatic rings. The number of anilines is 2. The number of rotatable bonds is 6. The Kier molecular flexibility index (Phi) is 5.62. The van der Waals surface area contributed by atoms with Crippen LogP contribution in [0.15, 0.2) is 47.4 Å². The molecular formula is C17H21FN2O4S2. The standard InChI is InChI=1S/C17H21FN2O4S2/c1-12(2)20(15-8-5-13(3)6-9-15)26(23,24)17-10-7-14(11-16(17)18)19-25(4,21)22/h5-12,19H,1-4H3. The second kappa shape index (κ2) is 7.24. The summed E-state index contributed by atoms with van der Waals surface area (Å²) in [6.45, 7) is 5.26. The largest absolute Gasteiger partial charge is 0.284 e. The van der Waals surface area contributed by atoms with Crippen molar-refractivity contribution >= 4 is 31.4 Å². The van der Waals surface area contributed by atoms with Crippen LogP contribution in [0.3, 0.4) is 0 Å². The molecular weight excluding hydrogens is 379 g/mol. The molecule has 0 saturated heterocycles. The first-order chi connectivity index (χ1) is 11.9. The fourth-order valence-electron chi connectivity index (χ4n) is 2.50. The second-order valence-corrected chi connectivity index (χ2v) is 9.78. The third kappa shape index (κ3) is 4.53. The van der Waals surface area contributed by atoms with Crippen LogP contribution < -0.4 is 9.03 Å². The van der Waals surface area contributed by atoms with E-state index in [9.17, 15) is 21.2 Å². The Morgan fingerprint density at radius 3 is 2.04 bits per heavy atom. The van der Waals surface area contributed by atoms with Gasteiger partial charge in [0.25, 0.3) is 10.0 Å². The molecule has 6 nitrogen and oxygen atoms in total. The highest BCUT2D eigenvalue weighted by atomic mass is 32.2. The minimum atomic E-state index is -4.18. The zero-order chi connectivity index (χ0) is 19.7. The molecule has 142 valence electrons. The molecule has 0 radical (unpaired) electrons. The molecule has 0 aliphatic carbocycles. The van der Waals surface area contributed by atoms with Gasteiger partial charge in [0.15, 0.2) is 0 Å². The Labute approximate surface area is 153 Å². The lowest BCUT2D eigenvalue weighted by molar-refractivity contribution is 0.560. The van der Waals surface area contributed by atoms with Crippen LogP contribution in [0.5, 0.6) is 0 Å². The van der Waals surface area contributed by atoms with Gasteiger partial charge in [-0.25, -0.2) is 21.2 Å². The molecule has 0 aromatic heterocycles. The highest BCUT2D eigenvalue weighted by Crippen LogP contribution is 2.29. The molecule has 0 aliphatic heterocycles. The summed E-state index contributed by atoms with van der Waals surface area (Å²) in [4.78, 5) is -0.522. The lowest BCUT2D eigenvalue weighted by atomic mass is 10.2. The monoisotopic (exact) mass is 400 g/mol. The SMILES string of the molecule is Cc1ccc(N(C(C)C)S(=O)(=O)c2ccc(NS(C)(=O)=O)cc2F)cc1. The molecule has 0 unspecified atom stereocenters. The van der Waals surface area contributed by atoms with Crippen molar-refractivity contribution in [2.75, 3.05) is 15.3 Å². The van der Waals surface area contributed by atoms with Crippen molar-refractivity contribution in [1.29, 1.82) is 0 Å². The fraction of sp³-hybridized carbons (Fsp3) is 0.294. The van der Waals surface area contributed by atoms with Gasteiger partial charge in [0.2, 0.25) is 10.0 Å². The number of aryl methyl sites for hydroxylation is 1. The van der Waals surface area contributed by atoms with E-state index in [4.69, 9.17) is 0 Å². The first-order valence-electron chi connectivity index (χ1n) is 7.80. The molecule has 0 aliphatic rings. The summed E-state index contributed by atoms with van der Waals surface area (Å²) in [6.07, 6.45) is 0.924. The molecule has 26 heavy (non-hydrogen) atoms. The topological polar surface area (TPSA) is 83.6 Å². The van der Waals surface area contributed by atoms with Crippen molar-refractivity contribution in [3.05, 3.63) is 53.8 Å². The number of hydrogen-bond donors (Lipinski definition) is 1. The number of nitrogens with one attached hydrogen (secondary N) is 1. The van der Waals surface area contributed by atoms with Crippen molar-refractivity contribution in [2.24, 2.45) is 0 Å². The Hall–Kier alpha value is -2.13. The van der Waals surface area contributed by atoms with Gasteiger partial charge in [-0.15, -0.1) is 0 Å². The second-order valence-electron chi connectivity index (χ2n) is 6.25. The van der Waals surface area contributed by atoms with Gasteiger partial charge >= 0.3 is 0 Å². The van der Waals surface area contributed by atoms with Gasteiger partial charge in [-0.1, -0.05) is 17.7 Å². The third-order valence-electron chi connectivity index (χ3n) is 3.53. The normalized spacial score (nSPS) is 12.2. The first kappa shape index (κ1) is 20.2. The summed E-state index contributed by atoms with van der Waals surface area (Å²) in [5.74, 6) is -1.03. The van der Waals surface area contributed by atoms with Crippen LogP contribution in [0.25, 0.3) is 0 Å². The zero-order valence-electron chi connectivity index (χ0n) is 14.9. The zero-order valence-corrected chi connectivity index (χ0v) is 16.5. The highest BCUT2D eigenvalue weighted by molar-refractivity contribution is 7.93. The van der Waals surface area contributed by atoms with E-state index in [0.29, 0.717) is 5.69 Å². The van der Waals surface area contributed by atoms with E-state index in [1.54, 1.807) is 38.1 Å². The predicted molar refractivity (Wildman–Crippen MR) is 101 cm³/mol. The summed E-state index contributed by atoms with van der Waals surface area (Å²) in [7, 11) is -7.77. The first-order valence-corrected chi connectivity index (χ1v) is 11.1. The van der Waals surface area contributed by atoms with Crippen molar-refractivity contribution in [3.63, 3.8) is 0 Å². The Morgan fingerprint density at radius 2 is 1.58 bits per heavy atom. The van der Waals surface area contributed by atoms with Gasteiger partial charge in [-0.05, 0) is 51.1 Å². The molecule has 9 heteroatoms. The molecule has 0 bridgehead atoms. The Morgan fingerprint density at radius 1 is 1.00 bits per heavy atom. The van der Waals surface area contributed by atoms with Gasteiger partial charge in [-0.2, -0.15) is 0 Å². The van der Waals surface area contributed by atoms with Crippen molar-refractivity contribution < 1.29 is 21.2 Å². The van der Waals surface area contributed by atoms with Gasteiger partial charge in [0.05, 0.1) is 17.6 Å². The quantitative estimate of drug-likeness (QED) is 0.808. The average molecular weight is 400 g/mol. The number of benzene rings is 2.